The Morgan fingerprint density at radius 1 is 1.03 bits per heavy atom. The molecule has 0 saturated carbocycles. The number of fused-ring (bicyclic) bond motifs is 2. The van der Waals surface area contributed by atoms with Gasteiger partial charge in [-0.3, -0.25) is 4.79 Å². The molecular weight excluding hydrogens is 440 g/mol. The highest BCUT2D eigenvalue weighted by atomic mass is 16.5. The van der Waals surface area contributed by atoms with Gasteiger partial charge in [0.15, 0.2) is 0 Å². The minimum atomic E-state index is -0.124. The molecule has 0 aromatic heterocycles. The lowest BCUT2D eigenvalue weighted by Crippen LogP contribution is -2.23. The molecule has 1 heterocycles. The Balaban J connectivity index is 0.000000797. The Hall–Kier alpha value is -2.79. The van der Waals surface area contributed by atoms with Gasteiger partial charge in [-0.1, -0.05) is 64.6 Å². The minimum Gasteiger partial charge on any atom is -0.516 e. The van der Waals surface area contributed by atoms with E-state index in [0.29, 0.717) is 13.0 Å². The Morgan fingerprint density at radius 2 is 1.66 bits per heavy atom. The molecule has 2 N–H and O–H groups in total. The highest BCUT2D eigenvalue weighted by Crippen LogP contribution is 2.29. The maximum atomic E-state index is 12.3. The maximum absolute atomic E-state index is 12.3. The number of ether oxygens (including phenoxy) is 2. The Labute approximate surface area is 211 Å². The molecule has 0 radical (unpaired) electrons. The van der Waals surface area contributed by atoms with Gasteiger partial charge < -0.3 is 19.7 Å². The molecule has 1 aliphatic carbocycles. The van der Waals surface area contributed by atoms with Crippen LogP contribution in [0.25, 0.3) is 0 Å². The molecule has 35 heavy (non-hydrogen) atoms. The number of aryl methyl sites for hydroxylation is 3. The van der Waals surface area contributed by atoms with Crippen LogP contribution in [0.4, 0.5) is 0 Å². The summed E-state index contributed by atoms with van der Waals surface area (Å²) in [6.45, 7) is 12.5. The van der Waals surface area contributed by atoms with E-state index in [-0.39, 0.29) is 11.4 Å². The molecule has 0 bridgehead atoms. The third-order valence-electron chi connectivity index (χ3n) is 5.98. The molecule has 2 aliphatic rings. The highest BCUT2D eigenvalue weighted by molar-refractivity contribution is 5.72. The minimum absolute atomic E-state index is 0.0386. The van der Waals surface area contributed by atoms with Gasteiger partial charge in [-0.25, -0.2) is 0 Å². The van der Waals surface area contributed by atoms with Crippen LogP contribution in [0.1, 0.15) is 68.4 Å². The molecule has 1 aliphatic heterocycles. The third kappa shape index (κ3) is 10.2. The van der Waals surface area contributed by atoms with Gasteiger partial charge in [0.25, 0.3) is 0 Å². The lowest BCUT2D eigenvalue weighted by atomic mass is 9.87. The van der Waals surface area contributed by atoms with Crippen molar-refractivity contribution in [1.29, 1.82) is 0 Å². The lowest BCUT2D eigenvalue weighted by Gasteiger charge is -2.24. The summed E-state index contributed by atoms with van der Waals surface area (Å²) in [5, 5.41) is 14.3. The van der Waals surface area contributed by atoms with E-state index in [1.165, 1.54) is 35.1 Å². The van der Waals surface area contributed by atoms with E-state index in [9.17, 15) is 4.79 Å². The van der Waals surface area contributed by atoms with Crippen molar-refractivity contribution in [2.45, 2.75) is 72.6 Å². The number of hydrogen-bond acceptors (Lipinski definition) is 5. The first kappa shape index (κ1) is 30.2. The van der Waals surface area contributed by atoms with E-state index >= 15 is 0 Å². The van der Waals surface area contributed by atoms with Crippen LogP contribution in [0, 0.1) is 5.41 Å². The third-order valence-corrected chi connectivity index (χ3v) is 5.98. The summed E-state index contributed by atoms with van der Waals surface area (Å²) in [5.74, 6) is 0.907. The summed E-state index contributed by atoms with van der Waals surface area (Å²) in [6.07, 6.45) is 7.64. The second kappa shape index (κ2) is 16.0. The molecule has 0 atom stereocenters. The topological polar surface area (TPSA) is 76.0 Å². The number of carbonyl (C=O) groups is 1. The Kier molecular flexibility index (Phi) is 13.8. The molecule has 194 valence electrons. The Bertz CT molecular complexity index is 917. The van der Waals surface area contributed by atoms with Gasteiger partial charge in [0.2, 0.25) is 0 Å². The Morgan fingerprint density at radius 3 is 2.37 bits per heavy atom. The van der Waals surface area contributed by atoms with Crippen LogP contribution < -0.4 is 4.74 Å². The van der Waals surface area contributed by atoms with E-state index in [2.05, 4.69) is 56.8 Å². The van der Waals surface area contributed by atoms with Crippen molar-refractivity contribution in [3.63, 3.8) is 0 Å². The van der Waals surface area contributed by atoms with Gasteiger partial charge >= 0.3 is 5.97 Å². The molecule has 2 aromatic rings. The van der Waals surface area contributed by atoms with Crippen molar-refractivity contribution in [3.05, 3.63) is 77.1 Å². The van der Waals surface area contributed by atoms with E-state index < -0.39 is 0 Å². The summed E-state index contributed by atoms with van der Waals surface area (Å²) in [4.78, 5) is 12.3. The first-order valence-electron chi connectivity index (χ1n) is 12.6. The highest BCUT2D eigenvalue weighted by Gasteiger charge is 2.21. The molecule has 5 nitrogen and oxygen atoms in total. The van der Waals surface area contributed by atoms with Gasteiger partial charge in [0.1, 0.15) is 5.75 Å². The maximum Gasteiger partial charge on any atom is 0.310 e. The van der Waals surface area contributed by atoms with Crippen molar-refractivity contribution in [3.8, 4) is 5.75 Å². The van der Waals surface area contributed by atoms with Crippen LogP contribution in [0.3, 0.4) is 0 Å². The van der Waals surface area contributed by atoms with Gasteiger partial charge in [-0.05, 0) is 71.4 Å². The monoisotopic (exact) mass is 484 g/mol. The molecule has 0 unspecified atom stereocenters. The fourth-order valence-corrected chi connectivity index (χ4v) is 4.18. The van der Waals surface area contributed by atoms with Gasteiger partial charge in [-0.2, -0.15) is 0 Å². The largest absolute Gasteiger partial charge is 0.516 e. The summed E-state index contributed by atoms with van der Waals surface area (Å²) in [5.41, 5.74) is 6.53. The fraction of sp³-hybridized carbons (Fsp3) is 0.500. The molecule has 0 spiro atoms. The van der Waals surface area contributed by atoms with Crippen molar-refractivity contribution in [2.75, 3.05) is 20.3 Å². The molecule has 5 heteroatoms. The molecule has 0 saturated heterocycles. The molecule has 0 fully saturated rings. The molecule has 4 rings (SSSR count). The molecule has 2 aromatic carbocycles. The predicted octanol–water partition coefficient (Wildman–Crippen LogP) is 6.18. The average Bonchev–Trinajstić information content (AvgIpc) is 3.53. The van der Waals surface area contributed by atoms with E-state index in [1.807, 2.05) is 13.8 Å². The smallest absolute Gasteiger partial charge is 0.310 e. The van der Waals surface area contributed by atoms with Gasteiger partial charge in [-0.15, -0.1) is 0 Å². The summed E-state index contributed by atoms with van der Waals surface area (Å²) in [6, 6.07) is 12.9. The van der Waals surface area contributed by atoms with Crippen molar-refractivity contribution in [2.24, 2.45) is 5.41 Å². The predicted molar refractivity (Wildman–Crippen MR) is 143 cm³/mol. The second-order valence-corrected chi connectivity index (χ2v) is 9.18. The summed E-state index contributed by atoms with van der Waals surface area (Å²) in [7, 11) is 1.00. The standard InChI is InChI=1S/C25H30O3.C2H4O.C2H6.CH4O/c1-25(2,12-10-18-7-9-23-22(14-18)11-13-27-23)17-28-24(26)16-19-6-8-20-4-3-5-21(20)15-19;1-2-3;2*1-2/h6-9,14-15H,3-5,10-13,16-17H2,1-2H3;2-3H,1H2;1-2H3;2H,1H3. The lowest BCUT2D eigenvalue weighted by molar-refractivity contribution is -0.146. The summed E-state index contributed by atoms with van der Waals surface area (Å²) >= 11 is 0. The average molecular weight is 485 g/mol. The summed E-state index contributed by atoms with van der Waals surface area (Å²) < 4.78 is 11.2. The zero-order chi connectivity index (χ0) is 26.3. The number of carbonyl (C=O) groups excluding carboxylic acids is 1. The van der Waals surface area contributed by atoms with E-state index in [1.54, 1.807) is 0 Å². The SMILES string of the molecule is C=CO.CC.CC(C)(CCc1ccc2c(c1)CCO2)COC(=O)Cc1ccc2c(c1)CCC2.CO. The number of hydrogen-bond donors (Lipinski definition) is 2. The second-order valence-electron chi connectivity index (χ2n) is 9.18. The first-order chi connectivity index (χ1) is 16.9. The molecule has 0 amide bonds. The zero-order valence-corrected chi connectivity index (χ0v) is 22.2. The van der Waals surface area contributed by atoms with Crippen LogP contribution >= 0.6 is 0 Å². The number of rotatable bonds is 7. The number of esters is 1. The van der Waals surface area contributed by atoms with E-state index in [4.69, 9.17) is 19.7 Å². The van der Waals surface area contributed by atoms with Crippen LogP contribution in [0.15, 0.2) is 49.2 Å². The van der Waals surface area contributed by atoms with Crippen molar-refractivity contribution >= 4 is 5.97 Å². The van der Waals surface area contributed by atoms with Crippen molar-refractivity contribution in [1.82, 2.24) is 0 Å². The van der Waals surface area contributed by atoms with Crippen LogP contribution in [0.5, 0.6) is 5.75 Å². The van der Waals surface area contributed by atoms with Crippen LogP contribution in [-0.2, 0) is 41.6 Å². The number of aliphatic hydroxyl groups excluding tert-OH is 2. The van der Waals surface area contributed by atoms with Crippen LogP contribution in [0.2, 0.25) is 0 Å². The number of benzene rings is 2. The zero-order valence-electron chi connectivity index (χ0n) is 22.2. The van der Waals surface area contributed by atoms with E-state index in [0.717, 1.165) is 57.0 Å². The normalized spacial score (nSPS) is 12.7. The number of aliphatic hydroxyl groups is 2. The quantitative estimate of drug-likeness (QED) is 0.363. The first-order valence-corrected chi connectivity index (χ1v) is 12.6. The fourth-order valence-electron chi connectivity index (χ4n) is 4.18. The van der Waals surface area contributed by atoms with Gasteiger partial charge in [0, 0.05) is 13.5 Å². The van der Waals surface area contributed by atoms with Crippen LogP contribution in [-0.4, -0.2) is 36.5 Å². The molecular formula is C30H44O5. The van der Waals surface area contributed by atoms with Gasteiger partial charge in [0.05, 0.1) is 25.9 Å². The van der Waals surface area contributed by atoms with Crippen molar-refractivity contribution < 1.29 is 24.5 Å².